The van der Waals surface area contributed by atoms with Gasteiger partial charge in [0.25, 0.3) is 5.91 Å². The van der Waals surface area contributed by atoms with E-state index in [4.69, 9.17) is 4.74 Å². The maximum atomic E-state index is 12.4. The molecule has 112 valence electrons. The van der Waals surface area contributed by atoms with Crippen LogP contribution in [0.1, 0.15) is 23.8 Å². The predicted molar refractivity (Wildman–Crippen MR) is 80.5 cm³/mol. The Bertz CT molecular complexity index is 694. The van der Waals surface area contributed by atoms with Gasteiger partial charge in [-0.15, -0.1) is 0 Å². The second-order valence-electron chi connectivity index (χ2n) is 4.61. The summed E-state index contributed by atoms with van der Waals surface area (Å²) in [5, 5.41) is 7.38. The van der Waals surface area contributed by atoms with Crippen LogP contribution in [0.4, 0.5) is 0 Å². The molecule has 1 aromatic heterocycles. The highest BCUT2D eigenvalue weighted by atomic mass is 16.5. The van der Waals surface area contributed by atoms with Gasteiger partial charge in [-0.05, 0) is 25.5 Å². The highest BCUT2D eigenvalue weighted by Crippen LogP contribution is 2.09. The largest absolute Gasteiger partial charge is 0.385 e. The van der Waals surface area contributed by atoms with Crippen molar-refractivity contribution >= 4 is 16.8 Å². The minimum Gasteiger partial charge on any atom is -0.385 e. The number of benzene rings is 1. The summed E-state index contributed by atoms with van der Waals surface area (Å²) in [7, 11) is 1.60. The van der Waals surface area contributed by atoms with Crippen LogP contribution in [-0.4, -0.2) is 35.9 Å². The smallest absolute Gasteiger partial charge is 0.275 e. The fraction of sp³-hybridized carbons (Fsp3) is 0.400. The van der Waals surface area contributed by atoms with Gasteiger partial charge in [-0.25, -0.2) is 0 Å². The van der Waals surface area contributed by atoms with Gasteiger partial charge in [-0.3, -0.25) is 14.3 Å². The summed E-state index contributed by atoms with van der Waals surface area (Å²) in [6.45, 7) is 3.52. The van der Waals surface area contributed by atoms with Crippen LogP contribution >= 0.6 is 0 Å². The first kappa shape index (κ1) is 15.2. The van der Waals surface area contributed by atoms with E-state index in [1.165, 1.54) is 0 Å². The first-order valence-corrected chi connectivity index (χ1v) is 6.96. The number of hydrogen-bond acceptors (Lipinski definition) is 4. The topological polar surface area (TPSA) is 73.2 Å². The van der Waals surface area contributed by atoms with Crippen LogP contribution in [0.25, 0.3) is 10.9 Å². The van der Waals surface area contributed by atoms with Crippen molar-refractivity contribution in [1.29, 1.82) is 0 Å². The molecule has 1 N–H and O–H groups in total. The van der Waals surface area contributed by atoms with Gasteiger partial charge in [-0.2, -0.15) is 5.10 Å². The quantitative estimate of drug-likeness (QED) is 0.811. The minimum absolute atomic E-state index is 0.0621. The lowest BCUT2D eigenvalue weighted by atomic mass is 10.2. The Morgan fingerprint density at radius 1 is 1.38 bits per heavy atom. The normalized spacial score (nSPS) is 10.8. The van der Waals surface area contributed by atoms with E-state index < -0.39 is 5.91 Å². The van der Waals surface area contributed by atoms with Crippen molar-refractivity contribution in [2.24, 2.45) is 0 Å². The molecule has 0 unspecified atom stereocenters. The van der Waals surface area contributed by atoms with Crippen LogP contribution in [0.5, 0.6) is 0 Å². The zero-order chi connectivity index (χ0) is 15.2. The summed E-state index contributed by atoms with van der Waals surface area (Å²) >= 11 is 0. The maximum absolute atomic E-state index is 12.4. The number of hydrogen-bond donors (Lipinski definition) is 1. The fourth-order valence-electron chi connectivity index (χ4n) is 2.13. The minimum atomic E-state index is -0.441. The number of methoxy groups -OCH3 is 1. The average molecular weight is 289 g/mol. The number of amides is 1. The van der Waals surface area contributed by atoms with E-state index in [0.29, 0.717) is 31.5 Å². The molecule has 6 nitrogen and oxygen atoms in total. The Kier molecular flexibility index (Phi) is 5.05. The highest BCUT2D eigenvalue weighted by Gasteiger charge is 2.16. The molecule has 0 aliphatic rings. The van der Waals surface area contributed by atoms with Crippen LogP contribution in [-0.2, 0) is 11.3 Å². The number of aromatic nitrogens is 2. The summed E-state index contributed by atoms with van der Waals surface area (Å²) in [5.41, 5.74) is 0.341. The molecular weight excluding hydrogens is 270 g/mol. The zero-order valence-electron chi connectivity index (χ0n) is 12.3. The molecule has 1 aromatic carbocycles. The number of fused-ring (bicyclic) bond motifs is 1. The predicted octanol–water partition coefficient (Wildman–Crippen LogP) is 1.18. The Morgan fingerprint density at radius 2 is 2.14 bits per heavy atom. The van der Waals surface area contributed by atoms with Crippen molar-refractivity contribution in [2.45, 2.75) is 19.9 Å². The van der Waals surface area contributed by atoms with Crippen LogP contribution in [0.15, 0.2) is 29.1 Å². The molecular formula is C15H19N3O3. The summed E-state index contributed by atoms with van der Waals surface area (Å²) in [6, 6.07) is 7.17. The number of ether oxygens (including phenoxy) is 1. The molecule has 2 aromatic rings. The zero-order valence-corrected chi connectivity index (χ0v) is 12.3. The third kappa shape index (κ3) is 3.28. The lowest BCUT2D eigenvalue weighted by Crippen LogP contribution is -2.33. The van der Waals surface area contributed by atoms with E-state index in [-0.39, 0.29) is 11.1 Å². The van der Waals surface area contributed by atoms with E-state index in [1.54, 1.807) is 23.9 Å². The Balaban J connectivity index is 2.33. The number of nitrogens with one attached hydrogen (secondary N) is 1. The second kappa shape index (κ2) is 6.99. The monoisotopic (exact) mass is 289 g/mol. The number of carbonyl (C=O) groups excluding carboxylic acids is 1. The average Bonchev–Trinajstić information content (AvgIpc) is 2.52. The first-order chi connectivity index (χ1) is 10.2. The first-order valence-electron chi connectivity index (χ1n) is 6.96. The van der Waals surface area contributed by atoms with Crippen molar-refractivity contribution in [2.75, 3.05) is 20.3 Å². The van der Waals surface area contributed by atoms with Gasteiger partial charge in [0.1, 0.15) is 0 Å². The van der Waals surface area contributed by atoms with Crippen LogP contribution in [0.3, 0.4) is 0 Å². The molecule has 21 heavy (non-hydrogen) atoms. The molecule has 0 saturated carbocycles. The van der Waals surface area contributed by atoms with Crippen LogP contribution in [0, 0.1) is 0 Å². The number of rotatable bonds is 6. The fourth-order valence-corrected chi connectivity index (χ4v) is 2.13. The van der Waals surface area contributed by atoms with Crippen LogP contribution in [0.2, 0.25) is 0 Å². The van der Waals surface area contributed by atoms with E-state index in [9.17, 15) is 9.59 Å². The Labute approximate surface area is 122 Å². The van der Waals surface area contributed by atoms with Crippen molar-refractivity contribution in [1.82, 2.24) is 15.1 Å². The van der Waals surface area contributed by atoms with Gasteiger partial charge in [-0.1, -0.05) is 12.1 Å². The molecule has 0 fully saturated rings. The lowest BCUT2D eigenvalue weighted by Gasteiger charge is -2.10. The highest BCUT2D eigenvalue weighted by molar-refractivity contribution is 5.95. The van der Waals surface area contributed by atoms with E-state index in [2.05, 4.69) is 10.4 Å². The van der Waals surface area contributed by atoms with Crippen molar-refractivity contribution in [3.05, 3.63) is 40.2 Å². The summed E-state index contributed by atoms with van der Waals surface area (Å²) in [4.78, 5) is 24.5. The maximum Gasteiger partial charge on any atom is 0.275 e. The molecule has 0 saturated heterocycles. The lowest BCUT2D eigenvalue weighted by molar-refractivity contribution is 0.0940. The van der Waals surface area contributed by atoms with E-state index in [0.717, 1.165) is 5.52 Å². The van der Waals surface area contributed by atoms with Crippen LogP contribution < -0.4 is 10.7 Å². The van der Waals surface area contributed by atoms with Gasteiger partial charge >= 0.3 is 0 Å². The molecule has 0 bridgehead atoms. The molecule has 0 aliphatic heterocycles. The van der Waals surface area contributed by atoms with Crippen molar-refractivity contribution < 1.29 is 9.53 Å². The number of carbonyl (C=O) groups is 1. The Hall–Kier alpha value is -2.21. The number of para-hydroxylation sites is 1. The molecule has 1 amide bonds. The SMILES string of the molecule is CCn1nc(C(=O)NCCCOC)c(=O)c2ccccc21. The summed E-state index contributed by atoms with van der Waals surface area (Å²) in [6.07, 6.45) is 0.692. The van der Waals surface area contributed by atoms with Gasteiger partial charge in [0.15, 0.2) is 5.69 Å². The van der Waals surface area contributed by atoms with E-state index in [1.807, 2.05) is 19.1 Å². The number of nitrogens with zero attached hydrogens (tertiary/aromatic N) is 2. The van der Waals surface area contributed by atoms with Crippen molar-refractivity contribution in [3.8, 4) is 0 Å². The second-order valence-corrected chi connectivity index (χ2v) is 4.61. The molecule has 0 spiro atoms. The van der Waals surface area contributed by atoms with Gasteiger partial charge in [0.05, 0.1) is 5.52 Å². The van der Waals surface area contributed by atoms with E-state index >= 15 is 0 Å². The van der Waals surface area contributed by atoms with Gasteiger partial charge < -0.3 is 10.1 Å². The van der Waals surface area contributed by atoms with Gasteiger partial charge in [0, 0.05) is 32.2 Å². The molecule has 1 heterocycles. The molecule has 0 radical (unpaired) electrons. The standard InChI is InChI=1S/C15H19N3O3/c1-3-18-12-8-5-4-7-11(12)14(19)13(17-18)15(20)16-9-6-10-21-2/h4-5,7-8H,3,6,9-10H2,1-2H3,(H,16,20). The number of aryl methyl sites for hydroxylation is 1. The third-order valence-electron chi connectivity index (χ3n) is 3.19. The molecule has 6 heteroatoms. The molecule has 0 atom stereocenters. The van der Waals surface area contributed by atoms with Crippen molar-refractivity contribution in [3.63, 3.8) is 0 Å². The summed E-state index contributed by atoms with van der Waals surface area (Å²) in [5.74, 6) is -0.441. The summed E-state index contributed by atoms with van der Waals surface area (Å²) < 4.78 is 6.58. The Morgan fingerprint density at radius 3 is 2.86 bits per heavy atom. The van der Waals surface area contributed by atoms with Gasteiger partial charge in [0.2, 0.25) is 5.43 Å². The molecule has 0 aliphatic carbocycles. The third-order valence-corrected chi connectivity index (χ3v) is 3.19. The molecule has 2 rings (SSSR count).